The molecule has 0 amide bonds. The molecule has 1 heterocycles. The van der Waals surface area contributed by atoms with Crippen molar-refractivity contribution in [1.29, 1.82) is 0 Å². The van der Waals surface area contributed by atoms with Crippen LogP contribution >= 0.6 is 0 Å². The minimum Gasteiger partial charge on any atom is -0.380 e. The molecule has 3 nitrogen and oxygen atoms in total. The maximum absolute atomic E-state index is 13.1. The SMILES string of the molecule is CCOC[C@@H](C)NCCc1c[nH]c2cc(F)ccc12. The van der Waals surface area contributed by atoms with Gasteiger partial charge >= 0.3 is 0 Å². The van der Waals surface area contributed by atoms with Gasteiger partial charge < -0.3 is 15.0 Å². The molecule has 104 valence electrons. The van der Waals surface area contributed by atoms with Crippen LogP contribution < -0.4 is 5.32 Å². The van der Waals surface area contributed by atoms with Gasteiger partial charge in [0.05, 0.1) is 6.61 Å². The first-order chi connectivity index (χ1) is 9.20. The van der Waals surface area contributed by atoms with Crippen molar-refractivity contribution in [3.05, 3.63) is 35.8 Å². The number of H-pyrrole nitrogens is 1. The minimum absolute atomic E-state index is 0.204. The van der Waals surface area contributed by atoms with Crippen molar-refractivity contribution < 1.29 is 9.13 Å². The highest BCUT2D eigenvalue weighted by molar-refractivity contribution is 5.83. The van der Waals surface area contributed by atoms with Crippen molar-refractivity contribution in [3.63, 3.8) is 0 Å². The lowest BCUT2D eigenvalue weighted by Gasteiger charge is -2.13. The lowest BCUT2D eigenvalue weighted by atomic mass is 10.1. The summed E-state index contributed by atoms with van der Waals surface area (Å²) in [4.78, 5) is 3.11. The van der Waals surface area contributed by atoms with Crippen molar-refractivity contribution in [2.24, 2.45) is 0 Å². The van der Waals surface area contributed by atoms with Gasteiger partial charge in [0.15, 0.2) is 0 Å². The van der Waals surface area contributed by atoms with Crippen molar-refractivity contribution in [2.75, 3.05) is 19.8 Å². The van der Waals surface area contributed by atoms with E-state index in [1.165, 1.54) is 17.7 Å². The molecule has 0 aliphatic carbocycles. The standard InChI is InChI=1S/C15H21FN2O/c1-3-19-10-11(2)17-7-6-12-9-18-15-8-13(16)4-5-14(12)15/h4-5,8-9,11,17-18H,3,6-7,10H2,1-2H3/t11-/m1/s1. The molecule has 0 saturated heterocycles. The second-order valence-electron chi connectivity index (χ2n) is 4.77. The van der Waals surface area contributed by atoms with Gasteiger partial charge in [0, 0.05) is 29.7 Å². The van der Waals surface area contributed by atoms with Crippen LogP contribution in [0.5, 0.6) is 0 Å². The zero-order valence-corrected chi connectivity index (χ0v) is 11.5. The number of benzene rings is 1. The first kappa shape index (κ1) is 14.0. The van der Waals surface area contributed by atoms with Gasteiger partial charge in [-0.1, -0.05) is 0 Å². The number of hydrogen-bond donors (Lipinski definition) is 2. The zero-order valence-electron chi connectivity index (χ0n) is 11.5. The molecule has 2 aromatic rings. The monoisotopic (exact) mass is 264 g/mol. The second kappa shape index (κ2) is 6.68. The molecule has 0 spiro atoms. The predicted octanol–water partition coefficient (Wildman–Crippen LogP) is 2.86. The van der Waals surface area contributed by atoms with E-state index >= 15 is 0 Å². The molecule has 0 unspecified atom stereocenters. The van der Waals surface area contributed by atoms with Crippen LogP contribution in [0.15, 0.2) is 24.4 Å². The molecule has 0 radical (unpaired) electrons. The van der Waals surface area contributed by atoms with Crippen LogP contribution in [0.1, 0.15) is 19.4 Å². The molecule has 2 N–H and O–H groups in total. The van der Waals surface area contributed by atoms with Gasteiger partial charge in [-0.3, -0.25) is 0 Å². The number of hydrogen-bond acceptors (Lipinski definition) is 2. The smallest absolute Gasteiger partial charge is 0.125 e. The van der Waals surface area contributed by atoms with Gasteiger partial charge in [0.1, 0.15) is 5.82 Å². The highest BCUT2D eigenvalue weighted by atomic mass is 19.1. The Kier molecular flexibility index (Phi) is 4.93. The fraction of sp³-hybridized carbons (Fsp3) is 0.467. The summed E-state index contributed by atoms with van der Waals surface area (Å²) in [7, 11) is 0. The Hall–Kier alpha value is -1.39. The van der Waals surface area contributed by atoms with Crippen molar-refractivity contribution >= 4 is 10.9 Å². The number of nitrogens with one attached hydrogen (secondary N) is 2. The summed E-state index contributed by atoms with van der Waals surface area (Å²) in [6.45, 7) is 6.48. The second-order valence-corrected chi connectivity index (χ2v) is 4.77. The number of halogens is 1. The van der Waals surface area contributed by atoms with Crippen LogP contribution in [0.3, 0.4) is 0 Å². The third-order valence-corrected chi connectivity index (χ3v) is 3.19. The minimum atomic E-state index is -0.204. The van der Waals surface area contributed by atoms with Crippen molar-refractivity contribution in [3.8, 4) is 0 Å². The van der Waals surface area contributed by atoms with Crippen LogP contribution in [-0.4, -0.2) is 30.8 Å². The Balaban J connectivity index is 1.88. The summed E-state index contributed by atoms with van der Waals surface area (Å²) in [5.41, 5.74) is 2.07. The predicted molar refractivity (Wildman–Crippen MR) is 75.9 cm³/mol. The molecule has 19 heavy (non-hydrogen) atoms. The summed E-state index contributed by atoms with van der Waals surface area (Å²) in [6.07, 6.45) is 2.88. The van der Waals surface area contributed by atoms with E-state index in [1.807, 2.05) is 19.2 Å². The summed E-state index contributed by atoms with van der Waals surface area (Å²) in [6, 6.07) is 5.22. The number of rotatable bonds is 7. The molecule has 1 atom stereocenters. The molecule has 0 aliphatic heterocycles. The Bertz CT molecular complexity index is 524. The normalized spacial score (nSPS) is 13.0. The maximum Gasteiger partial charge on any atom is 0.125 e. The van der Waals surface area contributed by atoms with Crippen LogP contribution in [0.4, 0.5) is 4.39 Å². The summed E-state index contributed by atoms with van der Waals surface area (Å²) in [5.74, 6) is -0.204. The van der Waals surface area contributed by atoms with E-state index in [0.717, 1.165) is 37.1 Å². The van der Waals surface area contributed by atoms with Crippen LogP contribution in [-0.2, 0) is 11.2 Å². The first-order valence-electron chi connectivity index (χ1n) is 6.77. The van der Waals surface area contributed by atoms with E-state index < -0.39 is 0 Å². The van der Waals surface area contributed by atoms with Gasteiger partial charge in [-0.25, -0.2) is 4.39 Å². The highest BCUT2D eigenvalue weighted by Crippen LogP contribution is 2.19. The maximum atomic E-state index is 13.1. The number of ether oxygens (including phenoxy) is 1. The Morgan fingerprint density at radius 2 is 2.26 bits per heavy atom. The molecule has 1 aromatic carbocycles. The Morgan fingerprint density at radius 1 is 1.42 bits per heavy atom. The van der Waals surface area contributed by atoms with E-state index in [1.54, 1.807) is 0 Å². The summed E-state index contributed by atoms with van der Waals surface area (Å²) < 4.78 is 18.4. The van der Waals surface area contributed by atoms with Gasteiger partial charge in [-0.15, -0.1) is 0 Å². The number of aromatic nitrogens is 1. The largest absolute Gasteiger partial charge is 0.380 e. The molecule has 4 heteroatoms. The van der Waals surface area contributed by atoms with Gasteiger partial charge in [0.25, 0.3) is 0 Å². The quantitative estimate of drug-likeness (QED) is 0.807. The van der Waals surface area contributed by atoms with Crippen LogP contribution in [0.25, 0.3) is 10.9 Å². The summed E-state index contributed by atoms with van der Waals surface area (Å²) in [5, 5.41) is 4.52. The number of aromatic amines is 1. The zero-order chi connectivity index (χ0) is 13.7. The highest BCUT2D eigenvalue weighted by Gasteiger charge is 2.05. The number of fused-ring (bicyclic) bond motifs is 1. The van der Waals surface area contributed by atoms with Gasteiger partial charge in [0.2, 0.25) is 0 Å². The van der Waals surface area contributed by atoms with E-state index in [-0.39, 0.29) is 5.82 Å². The van der Waals surface area contributed by atoms with Gasteiger partial charge in [-0.05, 0) is 50.6 Å². The lowest BCUT2D eigenvalue weighted by Crippen LogP contribution is -2.32. The third-order valence-electron chi connectivity index (χ3n) is 3.19. The van der Waals surface area contributed by atoms with Gasteiger partial charge in [-0.2, -0.15) is 0 Å². The van der Waals surface area contributed by atoms with E-state index in [0.29, 0.717) is 6.04 Å². The van der Waals surface area contributed by atoms with E-state index in [2.05, 4.69) is 17.2 Å². The molecular formula is C15H21FN2O. The molecule has 2 rings (SSSR count). The average Bonchev–Trinajstić information content (AvgIpc) is 2.79. The average molecular weight is 264 g/mol. The Labute approximate surface area is 113 Å². The molecule has 0 fully saturated rings. The topological polar surface area (TPSA) is 37.0 Å². The molecule has 1 aromatic heterocycles. The van der Waals surface area contributed by atoms with Crippen molar-refractivity contribution in [2.45, 2.75) is 26.3 Å². The fourth-order valence-corrected chi connectivity index (χ4v) is 2.17. The first-order valence-corrected chi connectivity index (χ1v) is 6.77. The van der Waals surface area contributed by atoms with E-state index in [9.17, 15) is 4.39 Å². The lowest BCUT2D eigenvalue weighted by molar-refractivity contribution is 0.127. The fourth-order valence-electron chi connectivity index (χ4n) is 2.17. The van der Waals surface area contributed by atoms with Crippen molar-refractivity contribution in [1.82, 2.24) is 10.3 Å². The van der Waals surface area contributed by atoms with E-state index in [4.69, 9.17) is 4.74 Å². The molecular weight excluding hydrogens is 243 g/mol. The third kappa shape index (κ3) is 3.78. The molecule has 0 bridgehead atoms. The Morgan fingerprint density at radius 3 is 3.05 bits per heavy atom. The van der Waals surface area contributed by atoms with Crippen LogP contribution in [0, 0.1) is 5.82 Å². The molecule has 0 aliphatic rings. The van der Waals surface area contributed by atoms with Crippen LogP contribution in [0.2, 0.25) is 0 Å². The molecule has 0 saturated carbocycles. The summed E-state index contributed by atoms with van der Waals surface area (Å²) >= 11 is 0.